The molecule has 0 N–H and O–H groups in total. The Labute approximate surface area is 98.8 Å². The van der Waals surface area contributed by atoms with Gasteiger partial charge < -0.3 is 0 Å². The molecule has 86 valence electrons. The fourth-order valence-electron chi connectivity index (χ4n) is 1.83. The lowest BCUT2D eigenvalue weighted by molar-refractivity contribution is 0.411. The average Bonchev–Trinajstić information content (AvgIpc) is 2.77. The van der Waals surface area contributed by atoms with Crippen molar-refractivity contribution in [2.45, 2.75) is 33.2 Å². The third-order valence-electron chi connectivity index (χ3n) is 3.05. The molecule has 2 aromatic rings. The van der Waals surface area contributed by atoms with Gasteiger partial charge in [0, 0.05) is 6.54 Å². The van der Waals surface area contributed by atoms with E-state index in [0.717, 1.165) is 29.6 Å². The molecule has 0 unspecified atom stereocenters. The van der Waals surface area contributed by atoms with Crippen LogP contribution in [0.15, 0.2) is 22.6 Å². The Morgan fingerprint density at radius 2 is 2.19 bits per heavy atom. The van der Waals surface area contributed by atoms with Crippen molar-refractivity contribution in [3.8, 4) is 0 Å². The van der Waals surface area contributed by atoms with Gasteiger partial charge in [-0.05, 0) is 17.4 Å². The van der Waals surface area contributed by atoms with Crippen LogP contribution < -0.4 is 5.56 Å². The molecule has 0 spiro atoms. The predicted octanol–water partition coefficient (Wildman–Crippen LogP) is 2.89. The minimum Gasteiger partial charge on any atom is -0.298 e. The SMILES string of the molecule is CCC(CC)Cn1cnc2ccsc2c1=O. The Kier molecular flexibility index (Phi) is 3.39. The molecular formula is C12H16N2OS. The summed E-state index contributed by atoms with van der Waals surface area (Å²) in [6, 6.07) is 1.89. The Morgan fingerprint density at radius 1 is 1.44 bits per heavy atom. The second kappa shape index (κ2) is 4.78. The Balaban J connectivity index is 2.37. The first kappa shape index (κ1) is 11.3. The number of aromatic nitrogens is 2. The second-order valence-electron chi connectivity index (χ2n) is 4.02. The molecular weight excluding hydrogens is 220 g/mol. The van der Waals surface area contributed by atoms with E-state index < -0.39 is 0 Å². The van der Waals surface area contributed by atoms with Crippen LogP contribution in [0.1, 0.15) is 26.7 Å². The zero-order valence-corrected chi connectivity index (χ0v) is 10.5. The van der Waals surface area contributed by atoms with E-state index in [-0.39, 0.29) is 5.56 Å². The summed E-state index contributed by atoms with van der Waals surface area (Å²) in [5.41, 5.74) is 0.919. The summed E-state index contributed by atoms with van der Waals surface area (Å²) in [6.45, 7) is 5.11. The molecule has 0 aromatic carbocycles. The van der Waals surface area contributed by atoms with Crippen LogP contribution in [0.2, 0.25) is 0 Å². The highest BCUT2D eigenvalue weighted by atomic mass is 32.1. The number of nitrogens with zero attached hydrogens (tertiary/aromatic N) is 2. The van der Waals surface area contributed by atoms with Crippen molar-refractivity contribution >= 4 is 21.6 Å². The maximum Gasteiger partial charge on any atom is 0.271 e. The van der Waals surface area contributed by atoms with E-state index in [1.807, 2.05) is 11.4 Å². The number of hydrogen-bond donors (Lipinski definition) is 0. The van der Waals surface area contributed by atoms with Crippen molar-refractivity contribution < 1.29 is 0 Å². The standard InChI is InChI=1S/C12H16N2OS/c1-3-9(4-2)7-14-8-13-10-5-6-16-11(10)12(14)15/h5-6,8-9H,3-4,7H2,1-2H3. The Bertz CT molecular complexity index is 525. The Morgan fingerprint density at radius 3 is 2.88 bits per heavy atom. The van der Waals surface area contributed by atoms with Crippen molar-refractivity contribution in [3.05, 3.63) is 28.1 Å². The lowest BCUT2D eigenvalue weighted by atomic mass is 10.0. The molecule has 0 atom stereocenters. The molecule has 0 saturated carbocycles. The van der Waals surface area contributed by atoms with Crippen molar-refractivity contribution in [1.82, 2.24) is 9.55 Å². The summed E-state index contributed by atoms with van der Waals surface area (Å²) >= 11 is 1.47. The van der Waals surface area contributed by atoms with Gasteiger partial charge in [-0.25, -0.2) is 4.98 Å². The van der Waals surface area contributed by atoms with Gasteiger partial charge in [0.25, 0.3) is 5.56 Å². The number of rotatable bonds is 4. The molecule has 0 aliphatic heterocycles. The van der Waals surface area contributed by atoms with Gasteiger partial charge in [-0.1, -0.05) is 26.7 Å². The van der Waals surface area contributed by atoms with Crippen LogP contribution in [-0.2, 0) is 6.54 Å². The van der Waals surface area contributed by atoms with E-state index in [1.54, 1.807) is 10.9 Å². The van der Waals surface area contributed by atoms with Crippen molar-refractivity contribution in [3.63, 3.8) is 0 Å². The van der Waals surface area contributed by atoms with Crippen LogP contribution in [0, 0.1) is 5.92 Å². The van der Waals surface area contributed by atoms with Gasteiger partial charge in [-0.3, -0.25) is 9.36 Å². The van der Waals surface area contributed by atoms with E-state index in [0.29, 0.717) is 5.92 Å². The van der Waals surface area contributed by atoms with Crippen LogP contribution in [-0.4, -0.2) is 9.55 Å². The molecule has 2 aromatic heterocycles. The summed E-state index contributed by atoms with van der Waals surface area (Å²) in [6.07, 6.45) is 3.88. The maximum absolute atomic E-state index is 12.1. The summed E-state index contributed by atoms with van der Waals surface area (Å²) in [7, 11) is 0. The summed E-state index contributed by atoms with van der Waals surface area (Å²) < 4.78 is 2.52. The number of fused-ring (bicyclic) bond motifs is 1. The molecule has 0 aliphatic carbocycles. The summed E-state index contributed by atoms with van der Waals surface area (Å²) in [4.78, 5) is 16.4. The fourth-order valence-corrected chi connectivity index (χ4v) is 2.63. The zero-order valence-electron chi connectivity index (χ0n) is 9.64. The van der Waals surface area contributed by atoms with Gasteiger partial charge >= 0.3 is 0 Å². The summed E-state index contributed by atoms with van der Waals surface area (Å²) in [5.74, 6) is 0.567. The molecule has 0 bridgehead atoms. The molecule has 0 saturated heterocycles. The van der Waals surface area contributed by atoms with Crippen LogP contribution in [0.25, 0.3) is 10.2 Å². The first-order valence-corrected chi connectivity index (χ1v) is 6.56. The second-order valence-corrected chi connectivity index (χ2v) is 4.94. The van der Waals surface area contributed by atoms with Crippen molar-refractivity contribution in [2.75, 3.05) is 0 Å². The van der Waals surface area contributed by atoms with Crippen molar-refractivity contribution in [1.29, 1.82) is 0 Å². The van der Waals surface area contributed by atoms with E-state index in [9.17, 15) is 4.79 Å². The molecule has 0 fully saturated rings. The predicted molar refractivity (Wildman–Crippen MR) is 68.0 cm³/mol. The number of thiophene rings is 1. The third-order valence-corrected chi connectivity index (χ3v) is 3.94. The zero-order chi connectivity index (χ0) is 11.5. The third kappa shape index (κ3) is 2.02. The highest BCUT2D eigenvalue weighted by Gasteiger charge is 2.09. The van der Waals surface area contributed by atoms with E-state index >= 15 is 0 Å². The lowest BCUT2D eigenvalue weighted by Gasteiger charge is -2.13. The van der Waals surface area contributed by atoms with Crippen LogP contribution in [0.3, 0.4) is 0 Å². The number of hydrogen-bond acceptors (Lipinski definition) is 3. The molecule has 0 amide bonds. The van der Waals surface area contributed by atoms with Crippen molar-refractivity contribution in [2.24, 2.45) is 5.92 Å². The molecule has 2 heterocycles. The van der Waals surface area contributed by atoms with Gasteiger partial charge in [0.2, 0.25) is 0 Å². The van der Waals surface area contributed by atoms with Crippen LogP contribution in [0.4, 0.5) is 0 Å². The first-order valence-electron chi connectivity index (χ1n) is 5.68. The van der Waals surface area contributed by atoms with E-state index in [1.165, 1.54) is 11.3 Å². The highest BCUT2D eigenvalue weighted by molar-refractivity contribution is 7.17. The Hall–Kier alpha value is -1.16. The lowest BCUT2D eigenvalue weighted by Crippen LogP contribution is -2.23. The molecule has 16 heavy (non-hydrogen) atoms. The van der Waals surface area contributed by atoms with Gasteiger partial charge in [0.15, 0.2) is 0 Å². The van der Waals surface area contributed by atoms with Crippen LogP contribution in [0.5, 0.6) is 0 Å². The van der Waals surface area contributed by atoms with E-state index in [4.69, 9.17) is 0 Å². The van der Waals surface area contributed by atoms with E-state index in [2.05, 4.69) is 18.8 Å². The minimum absolute atomic E-state index is 0.104. The first-order chi connectivity index (χ1) is 7.76. The minimum atomic E-state index is 0.104. The molecule has 3 nitrogen and oxygen atoms in total. The monoisotopic (exact) mass is 236 g/mol. The van der Waals surface area contributed by atoms with Gasteiger partial charge in [-0.15, -0.1) is 11.3 Å². The quantitative estimate of drug-likeness (QED) is 0.818. The highest BCUT2D eigenvalue weighted by Crippen LogP contribution is 2.14. The molecule has 4 heteroatoms. The topological polar surface area (TPSA) is 34.9 Å². The van der Waals surface area contributed by atoms with Gasteiger partial charge in [0.05, 0.1) is 11.8 Å². The molecule has 0 radical (unpaired) electrons. The average molecular weight is 236 g/mol. The largest absolute Gasteiger partial charge is 0.298 e. The maximum atomic E-state index is 12.1. The molecule has 2 rings (SSSR count). The summed E-state index contributed by atoms with van der Waals surface area (Å²) in [5, 5.41) is 1.92. The molecule has 0 aliphatic rings. The van der Waals surface area contributed by atoms with Gasteiger partial charge in [-0.2, -0.15) is 0 Å². The normalized spacial score (nSPS) is 11.4. The fraction of sp³-hybridized carbons (Fsp3) is 0.500. The van der Waals surface area contributed by atoms with Gasteiger partial charge in [0.1, 0.15) is 4.70 Å². The smallest absolute Gasteiger partial charge is 0.271 e. The van der Waals surface area contributed by atoms with Crippen LogP contribution >= 0.6 is 11.3 Å².